The van der Waals surface area contributed by atoms with E-state index in [9.17, 15) is 9.90 Å². The molecule has 0 unspecified atom stereocenters. The highest BCUT2D eigenvalue weighted by molar-refractivity contribution is 6.07. The number of rotatable bonds is 4. The largest absolute Gasteiger partial charge is 0.388 e. The quantitative estimate of drug-likeness (QED) is 0.896. The number of carbonyl (C=O) groups excluding carboxylic acids is 1. The fourth-order valence-electron chi connectivity index (χ4n) is 2.63. The molecule has 1 amide bonds. The first kappa shape index (κ1) is 13.1. The maximum absolute atomic E-state index is 12.3. The predicted molar refractivity (Wildman–Crippen MR) is 79.6 cm³/mol. The van der Waals surface area contributed by atoms with Crippen molar-refractivity contribution in [2.45, 2.75) is 25.4 Å². The van der Waals surface area contributed by atoms with Gasteiger partial charge >= 0.3 is 0 Å². The fourth-order valence-corrected chi connectivity index (χ4v) is 2.63. The normalized spacial score (nSPS) is 17.7. The van der Waals surface area contributed by atoms with E-state index < -0.39 is 5.60 Å². The van der Waals surface area contributed by atoms with Crippen LogP contribution in [0.5, 0.6) is 0 Å². The second kappa shape index (κ2) is 4.91. The summed E-state index contributed by atoms with van der Waals surface area (Å²) in [5.74, 6) is 0.207. The first-order valence-corrected chi connectivity index (χ1v) is 7.06. The molecule has 3 nitrogen and oxygen atoms in total. The van der Waals surface area contributed by atoms with Crippen LogP contribution < -0.4 is 5.32 Å². The lowest BCUT2D eigenvalue weighted by Crippen LogP contribution is -2.42. The Labute approximate surface area is 118 Å². The highest BCUT2D eigenvalue weighted by Crippen LogP contribution is 2.39. The Kier molecular flexibility index (Phi) is 3.22. The van der Waals surface area contributed by atoms with Gasteiger partial charge in [0.15, 0.2) is 0 Å². The molecule has 1 atom stereocenters. The van der Waals surface area contributed by atoms with Gasteiger partial charge in [0, 0.05) is 12.1 Å². The fraction of sp³-hybridized carbons (Fsp3) is 0.353. The summed E-state index contributed by atoms with van der Waals surface area (Å²) in [7, 11) is 0. The molecule has 0 bridgehead atoms. The first-order valence-electron chi connectivity index (χ1n) is 7.06. The zero-order chi connectivity index (χ0) is 14.2. The van der Waals surface area contributed by atoms with Gasteiger partial charge < -0.3 is 10.4 Å². The molecule has 0 aliphatic heterocycles. The minimum Gasteiger partial charge on any atom is -0.388 e. The molecule has 1 aliphatic carbocycles. The van der Waals surface area contributed by atoms with Crippen molar-refractivity contribution < 1.29 is 9.90 Å². The molecule has 104 valence electrons. The van der Waals surface area contributed by atoms with Gasteiger partial charge in [0.1, 0.15) is 0 Å². The molecular weight excluding hydrogens is 250 g/mol. The Balaban J connectivity index is 1.79. The van der Waals surface area contributed by atoms with Crippen LogP contribution in [0.1, 0.15) is 30.1 Å². The van der Waals surface area contributed by atoms with E-state index in [2.05, 4.69) is 5.32 Å². The maximum atomic E-state index is 12.3. The van der Waals surface area contributed by atoms with E-state index >= 15 is 0 Å². The zero-order valence-corrected chi connectivity index (χ0v) is 11.6. The summed E-state index contributed by atoms with van der Waals surface area (Å²) in [5.41, 5.74) is -0.130. The lowest BCUT2D eigenvalue weighted by molar-refractivity contribution is 0.0354. The molecule has 0 heterocycles. The van der Waals surface area contributed by atoms with Crippen LogP contribution in [0, 0.1) is 5.92 Å². The molecule has 20 heavy (non-hydrogen) atoms. The number of carbonyl (C=O) groups is 1. The molecule has 2 aromatic rings. The number of nitrogens with one attached hydrogen (secondary N) is 1. The average Bonchev–Trinajstić information content (AvgIpc) is 3.29. The number of hydrogen-bond donors (Lipinski definition) is 2. The Morgan fingerprint density at radius 2 is 1.95 bits per heavy atom. The molecule has 0 spiro atoms. The summed E-state index contributed by atoms with van der Waals surface area (Å²) >= 11 is 0. The number of fused-ring (bicyclic) bond motifs is 1. The molecule has 1 aliphatic rings. The molecule has 1 fully saturated rings. The lowest BCUT2D eigenvalue weighted by Gasteiger charge is -2.23. The van der Waals surface area contributed by atoms with Gasteiger partial charge in [-0.15, -0.1) is 0 Å². The molecule has 3 rings (SSSR count). The number of amides is 1. The number of aliphatic hydroxyl groups is 1. The van der Waals surface area contributed by atoms with Crippen molar-refractivity contribution in [2.75, 3.05) is 6.54 Å². The lowest BCUT2D eigenvalue weighted by atomic mass is 10.00. The molecule has 1 saturated carbocycles. The Morgan fingerprint density at radius 1 is 1.25 bits per heavy atom. The Bertz CT molecular complexity index is 639. The highest BCUT2D eigenvalue weighted by atomic mass is 16.3. The molecule has 0 aromatic heterocycles. The van der Waals surface area contributed by atoms with Crippen molar-refractivity contribution in [3.63, 3.8) is 0 Å². The second-order valence-corrected chi connectivity index (χ2v) is 5.84. The monoisotopic (exact) mass is 269 g/mol. The third kappa shape index (κ3) is 2.54. The summed E-state index contributed by atoms with van der Waals surface area (Å²) in [5, 5.41) is 15.1. The van der Waals surface area contributed by atoms with Crippen LogP contribution in [0.4, 0.5) is 0 Å². The Morgan fingerprint density at radius 3 is 2.70 bits per heavy atom. The van der Waals surface area contributed by atoms with Crippen molar-refractivity contribution >= 4 is 16.7 Å². The van der Waals surface area contributed by atoms with Crippen molar-refractivity contribution in [3.05, 3.63) is 48.0 Å². The summed E-state index contributed by atoms with van der Waals surface area (Å²) in [6.45, 7) is 2.10. The van der Waals surface area contributed by atoms with Crippen LogP contribution in [0.3, 0.4) is 0 Å². The van der Waals surface area contributed by atoms with E-state index in [4.69, 9.17) is 0 Å². The summed E-state index contributed by atoms with van der Waals surface area (Å²) in [4.78, 5) is 12.3. The van der Waals surface area contributed by atoms with Gasteiger partial charge in [-0.25, -0.2) is 0 Å². The molecule has 2 N–H and O–H groups in total. The van der Waals surface area contributed by atoms with Gasteiger partial charge in [0.2, 0.25) is 0 Å². The third-order valence-electron chi connectivity index (χ3n) is 4.10. The van der Waals surface area contributed by atoms with Crippen LogP contribution >= 0.6 is 0 Å². The smallest absolute Gasteiger partial charge is 0.252 e. The molecule has 2 aromatic carbocycles. The van der Waals surface area contributed by atoms with E-state index in [1.165, 1.54) is 0 Å². The standard InChI is InChI=1S/C17H19NO2/c1-17(20,13-9-10-13)11-18-16(19)15-8-4-6-12-5-2-3-7-14(12)15/h2-8,13,20H,9-11H2,1H3,(H,18,19)/t17-/m0/s1. The van der Waals surface area contributed by atoms with E-state index in [1.807, 2.05) is 42.5 Å². The molecule has 0 radical (unpaired) electrons. The van der Waals surface area contributed by atoms with Gasteiger partial charge in [-0.2, -0.15) is 0 Å². The van der Waals surface area contributed by atoms with Crippen LogP contribution in [0.15, 0.2) is 42.5 Å². The van der Waals surface area contributed by atoms with Crippen LogP contribution in [-0.4, -0.2) is 23.2 Å². The van der Waals surface area contributed by atoms with Gasteiger partial charge in [0.25, 0.3) is 5.91 Å². The second-order valence-electron chi connectivity index (χ2n) is 5.84. The molecule has 3 heteroatoms. The predicted octanol–water partition coefficient (Wildman–Crippen LogP) is 2.73. The van der Waals surface area contributed by atoms with Gasteiger partial charge in [0.05, 0.1) is 5.60 Å². The van der Waals surface area contributed by atoms with Crippen molar-refractivity contribution in [1.82, 2.24) is 5.32 Å². The van der Waals surface area contributed by atoms with Gasteiger partial charge in [-0.05, 0) is 42.5 Å². The van der Waals surface area contributed by atoms with Crippen molar-refractivity contribution in [2.24, 2.45) is 5.92 Å². The van der Waals surface area contributed by atoms with Crippen molar-refractivity contribution in [3.8, 4) is 0 Å². The molecule has 0 saturated heterocycles. The molecular formula is C17H19NO2. The Hall–Kier alpha value is -1.87. The number of benzene rings is 2. The van der Waals surface area contributed by atoms with Crippen molar-refractivity contribution in [1.29, 1.82) is 0 Å². The van der Waals surface area contributed by atoms with Crippen LogP contribution in [0.25, 0.3) is 10.8 Å². The zero-order valence-electron chi connectivity index (χ0n) is 11.6. The highest BCUT2D eigenvalue weighted by Gasteiger charge is 2.39. The third-order valence-corrected chi connectivity index (χ3v) is 4.10. The summed E-state index contributed by atoms with van der Waals surface area (Å²) in [6.07, 6.45) is 2.11. The maximum Gasteiger partial charge on any atom is 0.252 e. The minimum absolute atomic E-state index is 0.122. The van der Waals surface area contributed by atoms with Crippen LogP contribution in [0.2, 0.25) is 0 Å². The first-order chi connectivity index (χ1) is 9.58. The van der Waals surface area contributed by atoms with Gasteiger partial charge in [-0.3, -0.25) is 4.79 Å². The summed E-state index contributed by atoms with van der Waals surface area (Å²) in [6, 6.07) is 13.5. The van der Waals surface area contributed by atoms with E-state index in [0.717, 1.165) is 23.6 Å². The topological polar surface area (TPSA) is 49.3 Å². The SMILES string of the molecule is C[C@](O)(CNC(=O)c1cccc2ccccc12)C1CC1. The van der Waals surface area contributed by atoms with Gasteiger partial charge in [-0.1, -0.05) is 36.4 Å². The van der Waals surface area contributed by atoms with Crippen LogP contribution in [-0.2, 0) is 0 Å². The number of hydrogen-bond acceptors (Lipinski definition) is 2. The average molecular weight is 269 g/mol. The summed E-state index contributed by atoms with van der Waals surface area (Å²) < 4.78 is 0. The van der Waals surface area contributed by atoms with E-state index in [0.29, 0.717) is 18.0 Å². The van der Waals surface area contributed by atoms with E-state index in [1.54, 1.807) is 6.92 Å². The van der Waals surface area contributed by atoms with E-state index in [-0.39, 0.29) is 5.91 Å². The minimum atomic E-state index is -0.791.